The van der Waals surface area contributed by atoms with Crippen molar-refractivity contribution in [3.8, 4) is 0 Å². The van der Waals surface area contributed by atoms with Gasteiger partial charge in [-0.1, -0.05) is 29.8 Å². The number of halogens is 2. The van der Waals surface area contributed by atoms with E-state index in [4.69, 9.17) is 17.3 Å². The molecule has 2 aromatic carbocycles. The minimum Gasteiger partial charge on any atom is -0.397 e. The summed E-state index contributed by atoms with van der Waals surface area (Å²) in [7, 11) is -3.80. The summed E-state index contributed by atoms with van der Waals surface area (Å²) in [6.45, 7) is 3.47. The number of sulfonamides is 1. The van der Waals surface area contributed by atoms with E-state index in [-0.39, 0.29) is 10.6 Å². The molecule has 0 radical (unpaired) electrons. The molecule has 0 aliphatic rings. The van der Waals surface area contributed by atoms with Gasteiger partial charge in [-0.05, 0) is 53.0 Å². The molecule has 112 valence electrons. The number of aryl methyl sites for hydroxylation is 2. The zero-order valence-electron chi connectivity index (χ0n) is 11.4. The Hall–Kier alpha value is -1.24. The summed E-state index contributed by atoms with van der Waals surface area (Å²) in [5.41, 5.74) is 7.85. The van der Waals surface area contributed by atoms with Crippen LogP contribution in [0, 0.1) is 13.8 Å². The normalized spacial score (nSPS) is 11.4. The van der Waals surface area contributed by atoms with Crippen molar-refractivity contribution >= 4 is 48.9 Å². The van der Waals surface area contributed by atoms with E-state index in [0.717, 1.165) is 0 Å². The van der Waals surface area contributed by atoms with Gasteiger partial charge in [0.05, 0.1) is 20.9 Å². The van der Waals surface area contributed by atoms with Crippen molar-refractivity contribution in [1.29, 1.82) is 0 Å². The van der Waals surface area contributed by atoms with Crippen LogP contribution in [-0.2, 0) is 10.0 Å². The molecule has 0 saturated heterocycles. The lowest BCUT2D eigenvalue weighted by Crippen LogP contribution is -2.17. The lowest BCUT2D eigenvalue weighted by molar-refractivity contribution is 0.601. The molecule has 21 heavy (non-hydrogen) atoms. The topological polar surface area (TPSA) is 72.2 Å². The molecule has 0 aromatic heterocycles. The maximum Gasteiger partial charge on any atom is 0.264 e. The largest absolute Gasteiger partial charge is 0.397 e. The molecule has 0 aliphatic heterocycles. The number of nitrogen functional groups attached to an aromatic ring is 1. The predicted molar refractivity (Wildman–Crippen MR) is 90.3 cm³/mol. The smallest absolute Gasteiger partial charge is 0.264 e. The van der Waals surface area contributed by atoms with Gasteiger partial charge in [0, 0.05) is 0 Å². The third-order valence-corrected chi connectivity index (χ3v) is 6.04. The summed E-state index contributed by atoms with van der Waals surface area (Å²) in [5.74, 6) is 0. The molecule has 0 amide bonds. The van der Waals surface area contributed by atoms with Gasteiger partial charge in [0.25, 0.3) is 10.0 Å². The molecule has 0 bridgehead atoms. The standard InChI is InChI=1S/C14H14BrClN2O2S/c1-8-6-7-9(2)14(13(8)17)21(19,20)18-11-5-3-4-10(16)12(11)15/h3-7,18H,17H2,1-2H3. The maximum absolute atomic E-state index is 12.6. The Bertz CT molecular complexity index is 807. The Balaban J connectivity index is 2.54. The summed E-state index contributed by atoms with van der Waals surface area (Å²) in [4.78, 5) is 0.0920. The average molecular weight is 390 g/mol. The maximum atomic E-state index is 12.6. The molecule has 0 heterocycles. The summed E-state index contributed by atoms with van der Waals surface area (Å²) in [6, 6.07) is 8.47. The van der Waals surface area contributed by atoms with Gasteiger partial charge in [0.15, 0.2) is 0 Å². The van der Waals surface area contributed by atoms with E-state index in [9.17, 15) is 8.42 Å². The first-order valence-corrected chi connectivity index (χ1v) is 8.72. The molecule has 4 nitrogen and oxygen atoms in total. The van der Waals surface area contributed by atoms with Gasteiger partial charge in [-0.15, -0.1) is 0 Å². The molecule has 0 fully saturated rings. The second-order valence-electron chi connectivity index (χ2n) is 4.65. The van der Waals surface area contributed by atoms with E-state index >= 15 is 0 Å². The summed E-state index contributed by atoms with van der Waals surface area (Å²) >= 11 is 9.24. The van der Waals surface area contributed by atoms with Crippen LogP contribution in [0.2, 0.25) is 5.02 Å². The van der Waals surface area contributed by atoms with Gasteiger partial charge in [0.2, 0.25) is 0 Å². The molecule has 0 unspecified atom stereocenters. The zero-order chi connectivity index (χ0) is 15.8. The summed E-state index contributed by atoms with van der Waals surface area (Å²) in [5, 5.41) is 0.420. The SMILES string of the molecule is Cc1ccc(C)c(S(=O)(=O)Nc2cccc(Cl)c2Br)c1N. The quantitative estimate of drug-likeness (QED) is 0.776. The van der Waals surface area contributed by atoms with Crippen molar-refractivity contribution in [2.45, 2.75) is 18.7 Å². The number of nitrogens with two attached hydrogens (primary N) is 1. The van der Waals surface area contributed by atoms with Gasteiger partial charge < -0.3 is 5.73 Å². The molecule has 7 heteroatoms. The van der Waals surface area contributed by atoms with Crippen LogP contribution in [0.3, 0.4) is 0 Å². The van der Waals surface area contributed by atoms with Crippen molar-refractivity contribution < 1.29 is 8.42 Å². The lowest BCUT2D eigenvalue weighted by Gasteiger charge is -2.15. The van der Waals surface area contributed by atoms with E-state index < -0.39 is 10.0 Å². The molecule has 2 rings (SSSR count). The Kier molecular flexibility index (Phi) is 4.51. The monoisotopic (exact) mass is 388 g/mol. The fourth-order valence-electron chi connectivity index (χ4n) is 1.94. The minimum absolute atomic E-state index is 0.0920. The van der Waals surface area contributed by atoms with Crippen LogP contribution in [0.1, 0.15) is 11.1 Å². The van der Waals surface area contributed by atoms with Crippen molar-refractivity contribution in [3.63, 3.8) is 0 Å². The molecule has 0 aliphatic carbocycles. The molecule has 2 aromatic rings. The predicted octanol–water partition coefficient (Wildman–Crippen LogP) is 4.10. The van der Waals surface area contributed by atoms with Crippen LogP contribution >= 0.6 is 27.5 Å². The number of nitrogens with one attached hydrogen (secondary N) is 1. The highest BCUT2D eigenvalue weighted by Crippen LogP contribution is 2.33. The van der Waals surface area contributed by atoms with Gasteiger partial charge in [-0.2, -0.15) is 0 Å². The van der Waals surface area contributed by atoms with Crippen LogP contribution in [0.25, 0.3) is 0 Å². The second-order valence-corrected chi connectivity index (χ2v) is 7.47. The fourth-order valence-corrected chi connectivity index (χ4v) is 4.12. The third-order valence-electron chi connectivity index (χ3n) is 3.08. The molecule has 0 atom stereocenters. The Labute approximate surface area is 137 Å². The first-order chi connectivity index (χ1) is 9.74. The first kappa shape index (κ1) is 16.1. The number of benzene rings is 2. The number of hydrogen-bond donors (Lipinski definition) is 2. The zero-order valence-corrected chi connectivity index (χ0v) is 14.6. The summed E-state index contributed by atoms with van der Waals surface area (Å²) < 4.78 is 28.2. The number of anilines is 2. The highest BCUT2D eigenvalue weighted by Gasteiger charge is 2.22. The van der Waals surface area contributed by atoms with Crippen LogP contribution in [0.15, 0.2) is 39.7 Å². The molecular weight excluding hydrogens is 376 g/mol. The third kappa shape index (κ3) is 3.17. The molecule has 3 N–H and O–H groups in total. The highest BCUT2D eigenvalue weighted by molar-refractivity contribution is 9.10. The van der Waals surface area contributed by atoms with E-state index in [2.05, 4.69) is 20.7 Å². The van der Waals surface area contributed by atoms with Gasteiger partial charge in [-0.25, -0.2) is 8.42 Å². The van der Waals surface area contributed by atoms with Crippen molar-refractivity contribution in [1.82, 2.24) is 0 Å². The van der Waals surface area contributed by atoms with Crippen molar-refractivity contribution in [2.75, 3.05) is 10.5 Å². The van der Waals surface area contributed by atoms with Crippen LogP contribution in [-0.4, -0.2) is 8.42 Å². The molecular formula is C14H14BrClN2O2S. The van der Waals surface area contributed by atoms with E-state index in [1.165, 1.54) is 0 Å². The highest BCUT2D eigenvalue weighted by atomic mass is 79.9. The second kappa shape index (κ2) is 5.87. The van der Waals surface area contributed by atoms with E-state index in [1.807, 2.05) is 0 Å². The molecule has 0 spiro atoms. The lowest BCUT2D eigenvalue weighted by atomic mass is 10.1. The van der Waals surface area contributed by atoms with E-state index in [0.29, 0.717) is 26.3 Å². The molecule has 0 saturated carbocycles. The minimum atomic E-state index is -3.80. The number of rotatable bonds is 3. The fraction of sp³-hybridized carbons (Fsp3) is 0.143. The Morgan fingerprint density at radius 2 is 1.76 bits per heavy atom. The van der Waals surface area contributed by atoms with Crippen LogP contribution in [0.5, 0.6) is 0 Å². The first-order valence-electron chi connectivity index (χ1n) is 6.06. The van der Waals surface area contributed by atoms with Gasteiger partial charge >= 0.3 is 0 Å². The van der Waals surface area contributed by atoms with Crippen LogP contribution in [0.4, 0.5) is 11.4 Å². The van der Waals surface area contributed by atoms with Gasteiger partial charge in [0.1, 0.15) is 4.90 Å². The Morgan fingerprint density at radius 3 is 2.43 bits per heavy atom. The average Bonchev–Trinajstić information content (AvgIpc) is 2.39. The van der Waals surface area contributed by atoms with E-state index in [1.54, 1.807) is 44.2 Å². The van der Waals surface area contributed by atoms with Crippen molar-refractivity contribution in [2.24, 2.45) is 0 Å². The van der Waals surface area contributed by atoms with Gasteiger partial charge in [-0.3, -0.25) is 4.72 Å². The Morgan fingerprint density at radius 1 is 1.14 bits per heavy atom. The van der Waals surface area contributed by atoms with Crippen molar-refractivity contribution in [3.05, 3.63) is 51.0 Å². The summed E-state index contributed by atoms with van der Waals surface area (Å²) in [6.07, 6.45) is 0. The van der Waals surface area contributed by atoms with Crippen LogP contribution < -0.4 is 10.5 Å². The number of hydrogen-bond acceptors (Lipinski definition) is 3.